The van der Waals surface area contributed by atoms with Crippen LogP contribution in [0.4, 0.5) is 4.79 Å². The summed E-state index contributed by atoms with van der Waals surface area (Å²) in [5.41, 5.74) is -0.883. The Morgan fingerprint density at radius 1 is 1.12 bits per heavy atom. The normalized spacial score (nSPS) is 20.2. The molecule has 1 heterocycles. The highest BCUT2D eigenvalue weighted by atomic mass is 16.6. The number of hydrogen-bond donors (Lipinski definition) is 1. The SMILES string of the molecule is CCCCC[C@@H](O)[C@@](C)(OCc1ccccc1)C(=O)N1C(=O)OC(C)(C)[C@H]1c1ccccc1. The predicted octanol–water partition coefficient (Wildman–Crippen LogP) is 5.40. The van der Waals surface area contributed by atoms with Crippen molar-refractivity contribution in [1.82, 2.24) is 4.90 Å². The molecule has 2 aromatic rings. The largest absolute Gasteiger partial charge is 0.440 e. The van der Waals surface area contributed by atoms with E-state index >= 15 is 0 Å². The van der Waals surface area contributed by atoms with Gasteiger partial charge in [-0.1, -0.05) is 86.8 Å². The average molecular weight is 454 g/mol. The van der Waals surface area contributed by atoms with Gasteiger partial charge in [-0.05, 0) is 38.3 Å². The molecule has 1 saturated heterocycles. The molecule has 3 atom stereocenters. The molecule has 6 heteroatoms. The minimum Gasteiger partial charge on any atom is -0.440 e. The molecule has 0 radical (unpaired) electrons. The average Bonchev–Trinajstić information content (AvgIpc) is 3.06. The second kappa shape index (κ2) is 10.5. The van der Waals surface area contributed by atoms with Crippen LogP contribution in [0.15, 0.2) is 60.7 Å². The molecule has 2 amide bonds. The fourth-order valence-electron chi connectivity index (χ4n) is 4.34. The van der Waals surface area contributed by atoms with Crippen LogP contribution in [0.3, 0.4) is 0 Å². The highest BCUT2D eigenvalue weighted by Gasteiger charge is 2.56. The monoisotopic (exact) mass is 453 g/mol. The van der Waals surface area contributed by atoms with E-state index in [0.29, 0.717) is 6.42 Å². The highest BCUT2D eigenvalue weighted by Crippen LogP contribution is 2.43. The second-order valence-electron chi connectivity index (χ2n) is 9.35. The number of nitrogens with zero attached hydrogens (tertiary/aromatic N) is 1. The molecular formula is C27H35NO5. The van der Waals surface area contributed by atoms with Gasteiger partial charge in [-0.3, -0.25) is 4.79 Å². The maximum absolute atomic E-state index is 14.0. The Labute approximate surface area is 196 Å². The summed E-state index contributed by atoms with van der Waals surface area (Å²) in [7, 11) is 0. The number of cyclic esters (lactones) is 1. The molecule has 2 aromatic carbocycles. The number of aliphatic hydroxyl groups excluding tert-OH is 1. The van der Waals surface area contributed by atoms with E-state index in [-0.39, 0.29) is 6.61 Å². The number of hydrogen-bond acceptors (Lipinski definition) is 5. The lowest BCUT2D eigenvalue weighted by Gasteiger charge is -2.37. The summed E-state index contributed by atoms with van der Waals surface area (Å²) >= 11 is 0. The van der Waals surface area contributed by atoms with E-state index in [2.05, 4.69) is 6.92 Å². The summed E-state index contributed by atoms with van der Waals surface area (Å²) in [4.78, 5) is 28.1. The summed E-state index contributed by atoms with van der Waals surface area (Å²) in [6, 6.07) is 18.2. The fourth-order valence-corrected chi connectivity index (χ4v) is 4.34. The summed E-state index contributed by atoms with van der Waals surface area (Å²) in [6.07, 6.45) is 1.28. The number of carbonyl (C=O) groups excluding carboxylic acids is 2. The van der Waals surface area contributed by atoms with Crippen molar-refractivity contribution < 1.29 is 24.2 Å². The Hall–Kier alpha value is -2.70. The Bertz CT molecular complexity index is 930. The van der Waals surface area contributed by atoms with E-state index < -0.39 is 35.3 Å². The molecule has 1 fully saturated rings. The summed E-state index contributed by atoms with van der Waals surface area (Å²) in [5, 5.41) is 11.2. The standard InChI is InChI=1S/C27H35NO5/c1-5-6-9-18-22(29)27(4,32-19-20-14-10-7-11-15-20)24(30)28-23(21-16-12-8-13-17-21)26(2,3)33-25(28)31/h7-8,10-17,22-23,29H,5-6,9,18-19H2,1-4H3/t22-,23-,27-/m1/s1. The zero-order valence-electron chi connectivity index (χ0n) is 20.0. The number of carbonyl (C=O) groups is 2. The van der Waals surface area contributed by atoms with Gasteiger partial charge in [-0.2, -0.15) is 0 Å². The predicted molar refractivity (Wildman–Crippen MR) is 126 cm³/mol. The van der Waals surface area contributed by atoms with Crippen molar-refractivity contribution in [2.24, 2.45) is 0 Å². The van der Waals surface area contributed by atoms with Crippen molar-refractivity contribution in [2.75, 3.05) is 0 Å². The number of imide groups is 1. The number of rotatable bonds is 10. The Morgan fingerprint density at radius 2 is 1.73 bits per heavy atom. The summed E-state index contributed by atoms with van der Waals surface area (Å²) in [5.74, 6) is -0.591. The number of ether oxygens (including phenoxy) is 2. The van der Waals surface area contributed by atoms with Gasteiger partial charge in [0.2, 0.25) is 0 Å². The number of amides is 2. The Morgan fingerprint density at radius 3 is 2.33 bits per heavy atom. The van der Waals surface area contributed by atoms with Crippen LogP contribution >= 0.6 is 0 Å². The topological polar surface area (TPSA) is 76.1 Å². The lowest BCUT2D eigenvalue weighted by atomic mass is 9.88. The minimum atomic E-state index is -1.62. The molecule has 0 aromatic heterocycles. The van der Waals surface area contributed by atoms with Crippen LogP contribution in [0.5, 0.6) is 0 Å². The molecule has 0 bridgehead atoms. The van der Waals surface area contributed by atoms with E-state index in [1.54, 1.807) is 20.8 Å². The molecule has 0 unspecified atom stereocenters. The van der Waals surface area contributed by atoms with Crippen LogP contribution in [0.1, 0.15) is 70.5 Å². The first-order valence-electron chi connectivity index (χ1n) is 11.7. The van der Waals surface area contributed by atoms with Crippen molar-refractivity contribution in [3.05, 3.63) is 71.8 Å². The number of benzene rings is 2. The van der Waals surface area contributed by atoms with E-state index in [1.807, 2.05) is 60.7 Å². The van der Waals surface area contributed by atoms with E-state index in [0.717, 1.165) is 35.3 Å². The van der Waals surface area contributed by atoms with Gasteiger partial charge in [0, 0.05) is 0 Å². The first-order valence-corrected chi connectivity index (χ1v) is 11.7. The van der Waals surface area contributed by atoms with E-state index in [4.69, 9.17) is 9.47 Å². The smallest absolute Gasteiger partial charge is 0.417 e. The molecule has 1 aliphatic heterocycles. The number of aliphatic hydroxyl groups is 1. The molecule has 3 rings (SSSR count). The van der Waals surface area contributed by atoms with Crippen LogP contribution < -0.4 is 0 Å². The summed E-state index contributed by atoms with van der Waals surface area (Å²) < 4.78 is 11.7. The van der Waals surface area contributed by atoms with Gasteiger partial charge in [-0.15, -0.1) is 0 Å². The Kier molecular flexibility index (Phi) is 7.92. The third kappa shape index (κ3) is 5.45. The maximum atomic E-state index is 14.0. The molecule has 0 aliphatic carbocycles. The zero-order chi connectivity index (χ0) is 24.1. The van der Waals surface area contributed by atoms with Crippen LogP contribution in [0, 0.1) is 0 Å². The molecule has 178 valence electrons. The van der Waals surface area contributed by atoms with E-state index in [1.165, 1.54) is 0 Å². The Balaban J connectivity index is 1.95. The van der Waals surface area contributed by atoms with Gasteiger partial charge < -0.3 is 14.6 Å². The van der Waals surface area contributed by atoms with Crippen molar-refractivity contribution in [1.29, 1.82) is 0 Å². The van der Waals surface area contributed by atoms with Crippen LogP contribution in [-0.4, -0.2) is 39.3 Å². The first-order chi connectivity index (χ1) is 15.7. The fraction of sp³-hybridized carbons (Fsp3) is 0.481. The molecule has 0 saturated carbocycles. The third-order valence-corrected chi connectivity index (χ3v) is 6.32. The maximum Gasteiger partial charge on any atom is 0.417 e. The van der Waals surface area contributed by atoms with Crippen LogP contribution in [0.25, 0.3) is 0 Å². The minimum absolute atomic E-state index is 0.135. The van der Waals surface area contributed by atoms with Gasteiger partial charge in [0.05, 0.1) is 12.7 Å². The number of unbranched alkanes of at least 4 members (excludes halogenated alkanes) is 2. The van der Waals surface area contributed by atoms with Gasteiger partial charge in [0.15, 0.2) is 5.60 Å². The van der Waals surface area contributed by atoms with E-state index in [9.17, 15) is 14.7 Å². The quantitative estimate of drug-likeness (QED) is 0.487. The molecule has 0 spiro atoms. The van der Waals surface area contributed by atoms with Gasteiger partial charge in [0.1, 0.15) is 11.6 Å². The van der Waals surface area contributed by atoms with Gasteiger partial charge in [0.25, 0.3) is 5.91 Å². The summed E-state index contributed by atoms with van der Waals surface area (Å²) in [6.45, 7) is 7.37. The first kappa shape index (κ1) is 24.9. The lowest BCUT2D eigenvalue weighted by Crippen LogP contribution is -2.57. The molecule has 33 heavy (non-hydrogen) atoms. The lowest BCUT2D eigenvalue weighted by molar-refractivity contribution is -0.174. The third-order valence-electron chi connectivity index (χ3n) is 6.32. The highest BCUT2D eigenvalue weighted by molar-refractivity contribution is 5.99. The van der Waals surface area contributed by atoms with Crippen molar-refractivity contribution >= 4 is 12.0 Å². The van der Waals surface area contributed by atoms with Crippen molar-refractivity contribution in [2.45, 2.75) is 83.3 Å². The van der Waals surface area contributed by atoms with Crippen LogP contribution in [-0.2, 0) is 20.9 Å². The van der Waals surface area contributed by atoms with Gasteiger partial charge >= 0.3 is 6.09 Å². The molecule has 1 aliphatic rings. The molecule has 6 nitrogen and oxygen atoms in total. The second-order valence-corrected chi connectivity index (χ2v) is 9.35. The molecule has 1 N–H and O–H groups in total. The zero-order valence-corrected chi connectivity index (χ0v) is 20.0. The van der Waals surface area contributed by atoms with Crippen molar-refractivity contribution in [3.63, 3.8) is 0 Å². The van der Waals surface area contributed by atoms with Crippen LogP contribution in [0.2, 0.25) is 0 Å². The van der Waals surface area contributed by atoms with Gasteiger partial charge in [-0.25, -0.2) is 9.69 Å². The molecular weight excluding hydrogens is 418 g/mol. The van der Waals surface area contributed by atoms with Crippen molar-refractivity contribution in [3.8, 4) is 0 Å².